The molecule has 4 rings (SSSR count). The first-order valence-corrected chi connectivity index (χ1v) is 10.2. The molecule has 2 heterocycles. The molecular weight excluding hydrogens is 384 g/mol. The predicted molar refractivity (Wildman–Crippen MR) is 114 cm³/mol. The summed E-state index contributed by atoms with van der Waals surface area (Å²) in [6.45, 7) is 0.628. The highest BCUT2D eigenvalue weighted by Crippen LogP contribution is 2.36. The minimum atomic E-state index is -0.280. The number of rotatable bonds is 4. The molecule has 0 saturated heterocycles. The molecule has 2 amide bonds. The molecule has 2 aromatic rings. The normalized spacial score (nSPS) is 16.9. The molecule has 1 aromatic carbocycles. The zero-order valence-electron chi connectivity index (χ0n) is 17.2. The van der Waals surface area contributed by atoms with E-state index in [2.05, 4.69) is 20.5 Å². The van der Waals surface area contributed by atoms with Crippen LogP contribution in [0.25, 0.3) is 0 Å². The standard InChI is InChI=1S/C21H26N6O3/c1-22-20(30)13-7-8-15(17(28)11-13)24-21-23-12-16-19(25-21)27(14-5-3-4-6-14)10-9-18(29)26(16)2/h7-8,11-12,14,28H,3-6,9-10H2,1-2H3,(H,22,30)(H,23,24,25). The van der Waals surface area contributed by atoms with Gasteiger partial charge in [-0.1, -0.05) is 12.8 Å². The van der Waals surface area contributed by atoms with Crippen LogP contribution in [-0.4, -0.2) is 53.6 Å². The van der Waals surface area contributed by atoms with Crippen molar-refractivity contribution in [2.45, 2.75) is 38.1 Å². The van der Waals surface area contributed by atoms with E-state index in [1.54, 1.807) is 30.3 Å². The van der Waals surface area contributed by atoms with Crippen LogP contribution in [0.15, 0.2) is 24.4 Å². The Hall–Kier alpha value is -3.36. The van der Waals surface area contributed by atoms with Crippen molar-refractivity contribution in [1.82, 2.24) is 15.3 Å². The summed E-state index contributed by atoms with van der Waals surface area (Å²) in [4.78, 5) is 37.1. The third-order valence-corrected chi connectivity index (χ3v) is 5.82. The molecule has 1 aliphatic heterocycles. The lowest BCUT2D eigenvalue weighted by Crippen LogP contribution is -2.34. The van der Waals surface area contributed by atoms with Gasteiger partial charge in [0.1, 0.15) is 11.4 Å². The number of carbonyl (C=O) groups excluding carboxylic acids is 2. The molecule has 9 nitrogen and oxygen atoms in total. The summed E-state index contributed by atoms with van der Waals surface area (Å²) < 4.78 is 0. The van der Waals surface area contributed by atoms with E-state index in [0.717, 1.165) is 18.7 Å². The summed E-state index contributed by atoms with van der Waals surface area (Å²) in [5.74, 6) is 0.743. The van der Waals surface area contributed by atoms with Gasteiger partial charge in [0.2, 0.25) is 11.9 Å². The van der Waals surface area contributed by atoms with Gasteiger partial charge in [-0.05, 0) is 31.0 Å². The second kappa shape index (κ2) is 8.17. The lowest BCUT2D eigenvalue weighted by molar-refractivity contribution is -0.118. The van der Waals surface area contributed by atoms with Crippen LogP contribution in [0.5, 0.6) is 5.75 Å². The summed E-state index contributed by atoms with van der Waals surface area (Å²) in [7, 11) is 3.28. The van der Waals surface area contributed by atoms with Crippen molar-refractivity contribution in [3.63, 3.8) is 0 Å². The second-order valence-electron chi connectivity index (χ2n) is 7.67. The number of nitrogens with zero attached hydrogens (tertiary/aromatic N) is 4. The van der Waals surface area contributed by atoms with Crippen molar-refractivity contribution in [1.29, 1.82) is 0 Å². The third kappa shape index (κ3) is 3.74. The first kappa shape index (κ1) is 19.9. The fourth-order valence-corrected chi connectivity index (χ4v) is 4.11. The first-order valence-electron chi connectivity index (χ1n) is 10.2. The van der Waals surface area contributed by atoms with E-state index < -0.39 is 0 Å². The Labute approximate surface area is 175 Å². The number of phenols is 1. The Morgan fingerprint density at radius 2 is 2.03 bits per heavy atom. The van der Waals surface area contributed by atoms with Gasteiger partial charge >= 0.3 is 0 Å². The van der Waals surface area contributed by atoms with E-state index in [0.29, 0.717) is 41.9 Å². The number of fused-ring (bicyclic) bond motifs is 1. The average Bonchev–Trinajstić information content (AvgIpc) is 3.25. The number of carbonyl (C=O) groups is 2. The summed E-state index contributed by atoms with van der Waals surface area (Å²) in [6, 6.07) is 4.98. The summed E-state index contributed by atoms with van der Waals surface area (Å²) in [6.07, 6.45) is 6.63. The van der Waals surface area contributed by atoms with E-state index in [-0.39, 0.29) is 17.6 Å². The van der Waals surface area contributed by atoms with Gasteiger partial charge in [0, 0.05) is 38.7 Å². The minimum Gasteiger partial charge on any atom is -0.506 e. The summed E-state index contributed by atoms with van der Waals surface area (Å²) in [5.41, 5.74) is 1.44. The molecule has 158 valence electrons. The van der Waals surface area contributed by atoms with Gasteiger partial charge in [-0.3, -0.25) is 9.59 Å². The monoisotopic (exact) mass is 410 g/mol. The molecule has 30 heavy (non-hydrogen) atoms. The maximum absolute atomic E-state index is 12.4. The van der Waals surface area contributed by atoms with Crippen molar-refractivity contribution in [3.05, 3.63) is 30.0 Å². The van der Waals surface area contributed by atoms with Crippen LogP contribution >= 0.6 is 0 Å². The zero-order valence-corrected chi connectivity index (χ0v) is 17.2. The smallest absolute Gasteiger partial charge is 0.251 e. The second-order valence-corrected chi connectivity index (χ2v) is 7.67. The van der Waals surface area contributed by atoms with Crippen molar-refractivity contribution < 1.29 is 14.7 Å². The van der Waals surface area contributed by atoms with Crippen LogP contribution in [0.1, 0.15) is 42.5 Å². The molecule has 1 aliphatic carbocycles. The van der Waals surface area contributed by atoms with Crippen LogP contribution < -0.4 is 20.4 Å². The molecule has 0 radical (unpaired) electrons. The molecule has 1 aromatic heterocycles. The molecule has 1 fully saturated rings. The van der Waals surface area contributed by atoms with Gasteiger partial charge in [-0.25, -0.2) is 4.98 Å². The van der Waals surface area contributed by atoms with Crippen LogP contribution in [0.2, 0.25) is 0 Å². The van der Waals surface area contributed by atoms with Gasteiger partial charge in [0.05, 0.1) is 11.9 Å². The highest BCUT2D eigenvalue weighted by Gasteiger charge is 2.31. The molecule has 2 aliphatic rings. The maximum Gasteiger partial charge on any atom is 0.251 e. The fraction of sp³-hybridized carbons (Fsp3) is 0.429. The number of hydrogen-bond donors (Lipinski definition) is 3. The van der Waals surface area contributed by atoms with E-state index in [1.165, 1.54) is 26.0 Å². The van der Waals surface area contributed by atoms with Crippen LogP contribution in [0.4, 0.5) is 23.1 Å². The quantitative estimate of drug-likeness (QED) is 0.664. The summed E-state index contributed by atoms with van der Waals surface area (Å²) in [5, 5.41) is 15.9. The largest absolute Gasteiger partial charge is 0.506 e. The van der Waals surface area contributed by atoms with E-state index in [9.17, 15) is 14.7 Å². The van der Waals surface area contributed by atoms with Crippen molar-refractivity contribution >= 4 is 35.0 Å². The SMILES string of the molecule is CNC(=O)c1ccc(Nc2ncc3c(n2)N(C2CCCC2)CCC(=O)N3C)c(O)c1. The molecular formula is C21H26N6O3. The number of hydrogen-bond acceptors (Lipinski definition) is 7. The molecule has 0 atom stereocenters. The van der Waals surface area contributed by atoms with Gasteiger partial charge in [0.15, 0.2) is 5.82 Å². The Bertz CT molecular complexity index is 973. The molecule has 3 N–H and O–H groups in total. The maximum atomic E-state index is 12.4. The van der Waals surface area contributed by atoms with Crippen LogP contribution in [-0.2, 0) is 4.79 Å². The van der Waals surface area contributed by atoms with E-state index >= 15 is 0 Å². The number of amides is 2. The number of anilines is 4. The van der Waals surface area contributed by atoms with E-state index in [1.807, 2.05) is 0 Å². The molecule has 0 unspecified atom stereocenters. The van der Waals surface area contributed by atoms with Crippen LogP contribution in [0, 0.1) is 0 Å². The number of aromatic hydroxyl groups is 1. The zero-order chi connectivity index (χ0) is 21.3. The van der Waals surface area contributed by atoms with Gasteiger partial charge in [-0.15, -0.1) is 0 Å². The highest BCUT2D eigenvalue weighted by molar-refractivity contribution is 5.97. The topological polar surface area (TPSA) is 111 Å². The van der Waals surface area contributed by atoms with E-state index in [4.69, 9.17) is 4.98 Å². The number of phenolic OH excluding ortho intramolecular Hbond substituents is 1. The van der Waals surface area contributed by atoms with Crippen molar-refractivity contribution in [3.8, 4) is 5.75 Å². The first-order chi connectivity index (χ1) is 14.5. The molecule has 1 saturated carbocycles. The highest BCUT2D eigenvalue weighted by atomic mass is 16.3. The predicted octanol–water partition coefficient (Wildman–Crippen LogP) is 2.40. The molecule has 9 heteroatoms. The fourth-order valence-electron chi connectivity index (χ4n) is 4.11. The molecule has 0 spiro atoms. The lowest BCUT2D eigenvalue weighted by atomic mass is 10.2. The number of nitrogens with one attached hydrogen (secondary N) is 2. The lowest BCUT2D eigenvalue weighted by Gasteiger charge is -2.30. The Morgan fingerprint density at radius 1 is 1.27 bits per heavy atom. The molecule has 0 bridgehead atoms. The van der Waals surface area contributed by atoms with Gasteiger partial charge in [-0.2, -0.15) is 4.98 Å². The van der Waals surface area contributed by atoms with Crippen LogP contribution in [0.3, 0.4) is 0 Å². The van der Waals surface area contributed by atoms with Gasteiger partial charge in [0.25, 0.3) is 5.91 Å². The minimum absolute atomic E-state index is 0.0449. The number of aromatic nitrogens is 2. The Kier molecular flexibility index (Phi) is 5.43. The summed E-state index contributed by atoms with van der Waals surface area (Å²) >= 11 is 0. The Balaban J connectivity index is 1.66. The Morgan fingerprint density at radius 3 is 2.73 bits per heavy atom. The van der Waals surface area contributed by atoms with Crippen molar-refractivity contribution in [2.24, 2.45) is 0 Å². The number of benzene rings is 1. The third-order valence-electron chi connectivity index (χ3n) is 5.82. The van der Waals surface area contributed by atoms with Crippen molar-refractivity contribution in [2.75, 3.05) is 35.8 Å². The average molecular weight is 410 g/mol. The van der Waals surface area contributed by atoms with Gasteiger partial charge < -0.3 is 25.5 Å².